The molecule has 0 bridgehead atoms. The number of likely N-dealkylation sites (tertiary alicyclic amines) is 2. The number of thioether (sulfide) groups is 1. The topological polar surface area (TPSA) is 81.4 Å². The molecule has 42 heavy (non-hydrogen) atoms. The Morgan fingerprint density at radius 3 is 2.69 bits per heavy atom. The Labute approximate surface area is 252 Å². The quantitative estimate of drug-likeness (QED) is 0.431. The summed E-state index contributed by atoms with van der Waals surface area (Å²) in [4.78, 5) is 39.8. The second kappa shape index (κ2) is 12.4. The molecule has 2 saturated heterocycles. The van der Waals surface area contributed by atoms with Gasteiger partial charge in [-0.25, -0.2) is 4.99 Å². The third-order valence-electron chi connectivity index (χ3n) is 9.02. The largest absolute Gasteiger partial charge is 0.393 e. The maximum Gasteiger partial charge on any atom is 0.253 e. The van der Waals surface area contributed by atoms with E-state index in [-0.39, 0.29) is 29.7 Å². The summed E-state index contributed by atoms with van der Waals surface area (Å²) in [6.45, 7) is 2.94. The molecule has 2 fully saturated rings. The maximum atomic E-state index is 14.4. The molecule has 0 saturated carbocycles. The SMILES string of the molecule is CSc1cccc(C(=O)N2CC[C@@H](C(=O)N3CCC(O)CC3CN3C=Nc4c(ccn4C)C3)[C@H](c3ccccc3)C2)c1. The minimum atomic E-state index is -0.422. The van der Waals surface area contributed by atoms with Crippen molar-refractivity contribution in [3.8, 4) is 0 Å². The molecule has 4 atom stereocenters. The fourth-order valence-electron chi connectivity index (χ4n) is 6.76. The van der Waals surface area contributed by atoms with Gasteiger partial charge in [0.1, 0.15) is 5.82 Å². The number of fused-ring (bicyclic) bond motifs is 1. The van der Waals surface area contributed by atoms with Gasteiger partial charge in [-0.15, -0.1) is 11.8 Å². The van der Waals surface area contributed by atoms with E-state index in [2.05, 4.69) is 28.1 Å². The molecular weight excluding hydrogens is 546 g/mol. The number of hydrogen-bond acceptors (Lipinski definition) is 6. The first kappa shape index (κ1) is 28.6. The number of piperidine rings is 2. The molecule has 3 aromatic rings. The highest BCUT2D eigenvalue weighted by molar-refractivity contribution is 7.98. The smallest absolute Gasteiger partial charge is 0.253 e. The van der Waals surface area contributed by atoms with Crippen LogP contribution in [-0.2, 0) is 18.4 Å². The van der Waals surface area contributed by atoms with Gasteiger partial charge < -0.3 is 24.4 Å². The van der Waals surface area contributed by atoms with E-state index in [0.29, 0.717) is 51.0 Å². The summed E-state index contributed by atoms with van der Waals surface area (Å²) in [6, 6.07) is 19.9. The lowest BCUT2D eigenvalue weighted by Crippen LogP contribution is -2.56. The standard InChI is InChI=1S/C33H39N5O3S/c1-35-14-11-25-19-36(22-34-31(25)35)20-26-18-27(39)12-16-38(26)33(41)29-13-15-37(21-30(29)23-7-4-3-5-8-23)32(40)24-9-6-10-28(17-24)42-2/h3-11,14,17,22,26-27,29-30,39H,12-13,15-16,18-21H2,1-2H3/t26?,27?,29-,30+/m1/s1. The zero-order chi connectivity index (χ0) is 29.2. The van der Waals surface area contributed by atoms with Crippen molar-refractivity contribution in [1.82, 2.24) is 19.3 Å². The van der Waals surface area contributed by atoms with Crippen LogP contribution in [-0.4, -0.2) is 87.1 Å². The second-order valence-electron chi connectivity index (χ2n) is 11.7. The van der Waals surface area contributed by atoms with Crippen LogP contribution < -0.4 is 0 Å². The Hall–Kier alpha value is -3.56. The summed E-state index contributed by atoms with van der Waals surface area (Å²) in [5.41, 5.74) is 2.94. The first-order chi connectivity index (χ1) is 20.4. The van der Waals surface area contributed by atoms with Crippen molar-refractivity contribution in [1.29, 1.82) is 0 Å². The predicted molar refractivity (Wildman–Crippen MR) is 166 cm³/mol. The van der Waals surface area contributed by atoms with Gasteiger partial charge in [-0.05, 0) is 55.3 Å². The summed E-state index contributed by atoms with van der Waals surface area (Å²) in [5, 5.41) is 10.6. The van der Waals surface area contributed by atoms with Gasteiger partial charge in [-0.1, -0.05) is 36.4 Å². The van der Waals surface area contributed by atoms with Crippen molar-refractivity contribution in [3.63, 3.8) is 0 Å². The molecule has 1 N–H and O–H groups in total. The third kappa shape index (κ3) is 5.85. The van der Waals surface area contributed by atoms with Crippen LogP contribution in [0.2, 0.25) is 0 Å². The number of aliphatic hydroxyl groups is 1. The predicted octanol–water partition coefficient (Wildman–Crippen LogP) is 4.52. The van der Waals surface area contributed by atoms with E-state index in [1.807, 2.05) is 82.7 Å². The van der Waals surface area contributed by atoms with Crippen LogP contribution in [0.1, 0.15) is 46.7 Å². The van der Waals surface area contributed by atoms with Gasteiger partial charge in [0, 0.05) is 73.8 Å². The van der Waals surface area contributed by atoms with E-state index >= 15 is 0 Å². The van der Waals surface area contributed by atoms with Crippen molar-refractivity contribution in [2.24, 2.45) is 18.0 Å². The molecule has 220 valence electrons. The number of rotatable bonds is 6. The monoisotopic (exact) mass is 585 g/mol. The zero-order valence-corrected chi connectivity index (χ0v) is 25.1. The number of aliphatic imine (C=N–C) groups is 1. The van der Waals surface area contributed by atoms with Crippen LogP contribution in [0.5, 0.6) is 0 Å². The van der Waals surface area contributed by atoms with Crippen LogP contribution in [0.15, 0.2) is 76.7 Å². The van der Waals surface area contributed by atoms with Gasteiger partial charge in [-0.2, -0.15) is 0 Å². The van der Waals surface area contributed by atoms with Crippen molar-refractivity contribution in [2.75, 3.05) is 32.4 Å². The lowest BCUT2D eigenvalue weighted by atomic mass is 9.79. The number of carbonyl (C=O) groups is 2. The highest BCUT2D eigenvalue weighted by atomic mass is 32.2. The molecule has 9 heteroatoms. The molecule has 0 aliphatic carbocycles. The Balaban J connectivity index is 1.22. The second-order valence-corrected chi connectivity index (χ2v) is 12.6. The summed E-state index contributed by atoms with van der Waals surface area (Å²) in [6.07, 6.45) is 7.22. The highest BCUT2D eigenvalue weighted by Crippen LogP contribution is 2.36. The fourth-order valence-corrected chi connectivity index (χ4v) is 7.22. The highest BCUT2D eigenvalue weighted by Gasteiger charge is 2.42. The number of hydrogen-bond donors (Lipinski definition) is 1. The first-order valence-electron chi connectivity index (χ1n) is 14.8. The van der Waals surface area contributed by atoms with E-state index in [0.717, 1.165) is 22.8 Å². The van der Waals surface area contributed by atoms with Gasteiger partial charge in [0.25, 0.3) is 5.91 Å². The van der Waals surface area contributed by atoms with Gasteiger partial charge >= 0.3 is 0 Å². The summed E-state index contributed by atoms with van der Waals surface area (Å²) in [5.74, 6) is 0.779. The van der Waals surface area contributed by atoms with Crippen molar-refractivity contribution >= 4 is 35.7 Å². The van der Waals surface area contributed by atoms with E-state index in [9.17, 15) is 14.7 Å². The Morgan fingerprint density at radius 2 is 1.88 bits per heavy atom. The molecule has 2 aromatic carbocycles. The lowest BCUT2D eigenvalue weighted by Gasteiger charge is -2.45. The van der Waals surface area contributed by atoms with Crippen LogP contribution in [0.3, 0.4) is 0 Å². The van der Waals surface area contributed by atoms with Gasteiger partial charge in [0.2, 0.25) is 5.91 Å². The summed E-state index contributed by atoms with van der Waals surface area (Å²) < 4.78 is 2.02. The minimum Gasteiger partial charge on any atom is -0.393 e. The van der Waals surface area contributed by atoms with E-state index in [1.165, 1.54) is 5.56 Å². The summed E-state index contributed by atoms with van der Waals surface area (Å²) >= 11 is 1.62. The maximum absolute atomic E-state index is 14.4. The molecule has 6 rings (SSSR count). The number of nitrogens with zero attached hydrogens (tertiary/aromatic N) is 5. The van der Waals surface area contributed by atoms with Crippen LogP contribution in [0.25, 0.3) is 0 Å². The average Bonchev–Trinajstić information content (AvgIpc) is 3.40. The van der Waals surface area contributed by atoms with Crippen LogP contribution >= 0.6 is 11.8 Å². The van der Waals surface area contributed by atoms with Crippen LogP contribution in [0.4, 0.5) is 5.82 Å². The molecule has 3 aliphatic heterocycles. The molecule has 8 nitrogen and oxygen atoms in total. The first-order valence-corrected chi connectivity index (χ1v) is 16.0. The van der Waals surface area contributed by atoms with Gasteiger partial charge in [0.05, 0.1) is 18.5 Å². The average molecular weight is 586 g/mol. The van der Waals surface area contributed by atoms with Crippen LogP contribution in [0, 0.1) is 5.92 Å². The molecule has 1 aromatic heterocycles. The number of aliphatic hydroxyl groups excluding tert-OH is 1. The normalized spacial score (nSPS) is 24.0. The number of aryl methyl sites for hydroxylation is 1. The van der Waals surface area contributed by atoms with Crippen molar-refractivity contribution in [2.45, 2.75) is 48.8 Å². The fraction of sp³-hybridized carbons (Fsp3) is 0.424. The number of aromatic nitrogens is 1. The Kier molecular flexibility index (Phi) is 8.40. The minimum absolute atomic E-state index is 0.0152. The van der Waals surface area contributed by atoms with E-state index in [4.69, 9.17) is 0 Å². The molecule has 3 aliphatic rings. The van der Waals surface area contributed by atoms with E-state index < -0.39 is 6.10 Å². The number of benzene rings is 2. The molecule has 0 spiro atoms. The van der Waals surface area contributed by atoms with Crippen molar-refractivity contribution in [3.05, 3.63) is 83.6 Å². The third-order valence-corrected chi connectivity index (χ3v) is 9.74. The Bertz CT molecular complexity index is 1460. The number of amides is 2. The van der Waals surface area contributed by atoms with Gasteiger partial charge in [-0.3, -0.25) is 9.59 Å². The lowest BCUT2D eigenvalue weighted by molar-refractivity contribution is -0.143. The number of carbonyl (C=O) groups excluding carboxylic acids is 2. The molecule has 2 unspecified atom stereocenters. The Morgan fingerprint density at radius 1 is 1.05 bits per heavy atom. The zero-order valence-electron chi connectivity index (χ0n) is 24.3. The molecule has 0 radical (unpaired) electrons. The van der Waals surface area contributed by atoms with E-state index in [1.54, 1.807) is 11.8 Å². The molecule has 4 heterocycles. The van der Waals surface area contributed by atoms with Crippen molar-refractivity contribution < 1.29 is 14.7 Å². The summed E-state index contributed by atoms with van der Waals surface area (Å²) in [7, 11) is 1.99. The van der Waals surface area contributed by atoms with Gasteiger partial charge in [0.15, 0.2) is 0 Å². The molecule has 2 amide bonds. The molecular formula is C33H39N5O3S.